The highest BCUT2D eigenvalue weighted by Gasteiger charge is 2.51. The van der Waals surface area contributed by atoms with E-state index in [4.69, 9.17) is 4.74 Å². The minimum Gasteiger partial charge on any atom is -0.496 e. The Hall–Kier alpha value is -3.73. The first-order valence-corrected chi connectivity index (χ1v) is 9.86. The number of carbonyl (C=O) groups excluding carboxylic acids is 1. The maximum atomic E-state index is 12.9. The average Bonchev–Trinajstić information content (AvgIpc) is 3.57. The second kappa shape index (κ2) is 8.42. The fourth-order valence-electron chi connectivity index (χ4n) is 3.53. The molecule has 1 saturated carbocycles. The van der Waals surface area contributed by atoms with E-state index in [0.29, 0.717) is 36.4 Å². The molecule has 164 valence electrons. The molecule has 5 nitrogen and oxygen atoms in total. The van der Waals surface area contributed by atoms with Crippen molar-refractivity contribution in [2.75, 3.05) is 12.4 Å². The second-order valence-electron chi connectivity index (χ2n) is 7.51. The molecule has 2 aliphatic rings. The van der Waals surface area contributed by atoms with Crippen molar-refractivity contribution in [2.45, 2.75) is 31.0 Å². The van der Waals surface area contributed by atoms with E-state index in [9.17, 15) is 18.0 Å². The van der Waals surface area contributed by atoms with Crippen molar-refractivity contribution in [3.63, 3.8) is 0 Å². The molecular formula is C24H19F3N2O3. The lowest BCUT2D eigenvalue weighted by molar-refractivity contribution is -0.274. The zero-order valence-corrected chi connectivity index (χ0v) is 17.1. The van der Waals surface area contributed by atoms with E-state index in [1.54, 1.807) is 31.5 Å². The first kappa shape index (κ1) is 21.5. The zero-order valence-electron chi connectivity index (χ0n) is 17.1. The highest BCUT2D eigenvalue weighted by Crippen LogP contribution is 2.49. The molecule has 1 aromatic carbocycles. The second-order valence-corrected chi connectivity index (χ2v) is 7.51. The number of aromatic nitrogens is 1. The number of amides is 1. The van der Waals surface area contributed by atoms with Crippen LogP contribution in [-0.2, 0) is 21.4 Å². The number of hydrogen-bond donors (Lipinski definition) is 1. The van der Waals surface area contributed by atoms with Gasteiger partial charge in [0.1, 0.15) is 17.3 Å². The summed E-state index contributed by atoms with van der Waals surface area (Å²) in [5.41, 5.74) is 7.50. The van der Waals surface area contributed by atoms with Crippen molar-refractivity contribution in [3.8, 4) is 5.75 Å². The van der Waals surface area contributed by atoms with Crippen LogP contribution in [0.1, 0.15) is 24.0 Å². The van der Waals surface area contributed by atoms with Crippen LogP contribution in [-0.4, -0.2) is 24.4 Å². The standard InChI is InChI=1S/C24H19F3N2O3/c1-31-20-5-3-2-4-17(20)14-16-6-11-21(28-15-16)29-22(30)23(12-13-23)18-7-9-19(10-8-18)32-24(25,26)27/h4-11,15H,12-14H2,1H3,(H,28,29,30). The van der Waals surface area contributed by atoms with Crippen LogP contribution < -0.4 is 10.1 Å². The van der Waals surface area contributed by atoms with Gasteiger partial charge < -0.3 is 14.8 Å². The lowest BCUT2D eigenvalue weighted by Crippen LogP contribution is -2.28. The van der Waals surface area contributed by atoms with Crippen LogP contribution in [0.3, 0.4) is 0 Å². The smallest absolute Gasteiger partial charge is 0.496 e. The lowest BCUT2D eigenvalue weighted by atomic mass is 9.95. The van der Waals surface area contributed by atoms with Gasteiger partial charge in [0, 0.05) is 24.3 Å². The maximum absolute atomic E-state index is 12.9. The molecule has 0 atom stereocenters. The Balaban J connectivity index is 1.41. The number of pyridine rings is 1. The fourth-order valence-corrected chi connectivity index (χ4v) is 3.53. The zero-order chi connectivity index (χ0) is 22.8. The molecule has 1 heterocycles. The third-order valence-corrected chi connectivity index (χ3v) is 5.36. The molecule has 1 fully saturated rings. The molecule has 0 radical (unpaired) electrons. The highest BCUT2D eigenvalue weighted by atomic mass is 19.4. The summed E-state index contributed by atoms with van der Waals surface area (Å²) in [6.07, 6.45) is 2.25. The van der Waals surface area contributed by atoms with Crippen molar-refractivity contribution in [2.24, 2.45) is 0 Å². The predicted octanol–water partition coefficient (Wildman–Crippen LogP) is 4.97. The Morgan fingerprint density at radius 1 is 1.12 bits per heavy atom. The van der Waals surface area contributed by atoms with Crippen molar-refractivity contribution < 1.29 is 27.4 Å². The molecule has 4 rings (SSSR count). The van der Waals surface area contributed by atoms with E-state index in [0.717, 1.165) is 11.1 Å². The van der Waals surface area contributed by atoms with Gasteiger partial charge in [-0.2, -0.15) is 0 Å². The van der Waals surface area contributed by atoms with Gasteiger partial charge >= 0.3 is 6.36 Å². The van der Waals surface area contributed by atoms with E-state index in [1.807, 2.05) is 6.07 Å². The minimum absolute atomic E-state index is 0.239. The summed E-state index contributed by atoms with van der Waals surface area (Å²) in [5.74, 6) is 0.558. The van der Waals surface area contributed by atoms with Gasteiger partial charge in [-0.3, -0.25) is 4.79 Å². The van der Waals surface area contributed by atoms with Gasteiger partial charge in [-0.1, -0.05) is 29.7 Å². The summed E-state index contributed by atoms with van der Waals surface area (Å²) in [6, 6.07) is 9.00. The Morgan fingerprint density at radius 2 is 1.84 bits per heavy atom. The molecule has 1 amide bonds. The van der Waals surface area contributed by atoms with Crippen LogP contribution in [0.5, 0.6) is 5.75 Å². The van der Waals surface area contributed by atoms with E-state index in [-0.39, 0.29) is 11.7 Å². The van der Waals surface area contributed by atoms with Gasteiger partial charge in [-0.25, -0.2) is 4.98 Å². The number of halogens is 3. The number of methoxy groups -OCH3 is 1. The van der Waals surface area contributed by atoms with Crippen molar-refractivity contribution in [1.29, 1.82) is 0 Å². The van der Waals surface area contributed by atoms with E-state index in [1.165, 1.54) is 24.3 Å². The van der Waals surface area contributed by atoms with Crippen LogP contribution in [0, 0.1) is 0 Å². The number of alkyl halides is 3. The number of anilines is 1. The number of hydrogen-bond acceptors (Lipinski definition) is 4. The maximum Gasteiger partial charge on any atom is 0.573 e. The van der Waals surface area contributed by atoms with Crippen molar-refractivity contribution in [3.05, 3.63) is 88.7 Å². The molecule has 0 saturated heterocycles. The number of nitrogens with one attached hydrogen (secondary N) is 1. The average molecular weight is 440 g/mol. The summed E-state index contributed by atoms with van der Waals surface area (Å²) in [4.78, 5) is 17.2. The summed E-state index contributed by atoms with van der Waals surface area (Å²) in [5, 5.41) is 2.81. The molecule has 0 bridgehead atoms. The molecule has 32 heavy (non-hydrogen) atoms. The van der Waals surface area contributed by atoms with Gasteiger partial charge in [0.15, 0.2) is 0 Å². The van der Waals surface area contributed by atoms with E-state index in [2.05, 4.69) is 26.5 Å². The van der Waals surface area contributed by atoms with Crippen LogP contribution in [0.4, 0.5) is 19.0 Å². The Kier molecular flexibility index (Phi) is 5.66. The normalized spacial score (nSPS) is 16.1. The van der Waals surface area contributed by atoms with Gasteiger partial charge in [0.05, 0.1) is 12.5 Å². The quantitative estimate of drug-likeness (QED) is 0.618. The van der Waals surface area contributed by atoms with Crippen LogP contribution in [0.25, 0.3) is 0 Å². The molecule has 1 N–H and O–H groups in total. The summed E-state index contributed by atoms with van der Waals surface area (Å²) in [7, 11) is 1.59. The minimum atomic E-state index is -4.75. The van der Waals surface area contributed by atoms with Gasteiger partial charge in [0.2, 0.25) is 5.91 Å². The highest BCUT2D eigenvalue weighted by molar-refractivity contribution is 6.00. The summed E-state index contributed by atoms with van der Waals surface area (Å²) in [6.45, 7) is 0. The van der Waals surface area contributed by atoms with E-state index >= 15 is 0 Å². The number of rotatable bonds is 7. The third-order valence-electron chi connectivity index (χ3n) is 5.36. The topological polar surface area (TPSA) is 60.5 Å². The van der Waals surface area contributed by atoms with Gasteiger partial charge in [-0.15, -0.1) is 13.2 Å². The number of allylic oxidation sites excluding steroid dienone is 3. The SMILES string of the molecule is COC1=C(Cc2ccc(NC(=O)C3(c4ccc(OC(F)(F)F)cc4)CC3)nc2)C=C=C=C1. The monoisotopic (exact) mass is 440 g/mol. The molecule has 0 aliphatic heterocycles. The van der Waals surface area contributed by atoms with Gasteiger partial charge in [-0.05, 0) is 48.2 Å². The molecule has 0 unspecified atom stereocenters. The Morgan fingerprint density at radius 3 is 2.44 bits per heavy atom. The largest absolute Gasteiger partial charge is 0.573 e. The van der Waals surface area contributed by atoms with Crippen LogP contribution >= 0.6 is 0 Å². The molecule has 0 spiro atoms. The third kappa shape index (κ3) is 4.78. The number of ether oxygens (including phenoxy) is 2. The molecule has 1 aromatic heterocycles. The van der Waals surface area contributed by atoms with Gasteiger partial charge in [0.25, 0.3) is 0 Å². The fraction of sp³-hybridized carbons (Fsp3) is 0.250. The number of nitrogens with zero attached hydrogens (tertiary/aromatic N) is 1. The predicted molar refractivity (Wildman–Crippen MR) is 111 cm³/mol. The molecular weight excluding hydrogens is 421 g/mol. The van der Waals surface area contributed by atoms with Crippen LogP contribution in [0.2, 0.25) is 0 Å². The van der Waals surface area contributed by atoms with Crippen molar-refractivity contribution in [1.82, 2.24) is 4.98 Å². The molecule has 8 heteroatoms. The first-order chi connectivity index (χ1) is 15.3. The first-order valence-electron chi connectivity index (χ1n) is 9.86. The summed E-state index contributed by atoms with van der Waals surface area (Å²) >= 11 is 0. The molecule has 2 aromatic rings. The Labute approximate surface area is 182 Å². The van der Waals surface area contributed by atoms with Crippen LogP contribution in [0.15, 0.2) is 77.5 Å². The summed E-state index contributed by atoms with van der Waals surface area (Å²) < 4.78 is 46.2. The lowest BCUT2D eigenvalue weighted by Gasteiger charge is -2.16. The Bertz CT molecular complexity index is 1150. The number of benzene rings is 1. The number of carbonyl (C=O) groups is 1. The molecule has 2 aliphatic carbocycles. The van der Waals surface area contributed by atoms with Crippen molar-refractivity contribution >= 4 is 11.7 Å². The van der Waals surface area contributed by atoms with E-state index < -0.39 is 11.8 Å².